The van der Waals surface area contributed by atoms with Crippen LogP contribution in [0.5, 0.6) is 0 Å². The first-order chi connectivity index (χ1) is 8.66. The van der Waals surface area contributed by atoms with Crippen molar-refractivity contribution in [3.05, 3.63) is 18.2 Å². The molecule has 2 rings (SSSR count). The number of rotatable bonds is 6. The zero-order chi connectivity index (χ0) is 13.0. The molecule has 102 valence electrons. The molecule has 0 aromatic carbocycles. The van der Waals surface area contributed by atoms with Crippen molar-refractivity contribution in [2.75, 3.05) is 26.2 Å². The van der Waals surface area contributed by atoms with Gasteiger partial charge in [-0.15, -0.1) is 0 Å². The topological polar surface area (TPSA) is 33.1 Å². The van der Waals surface area contributed by atoms with Crippen molar-refractivity contribution in [2.24, 2.45) is 5.92 Å². The van der Waals surface area contributed by atoms with Gasteiger partial charge in [-0.2, -0.15) is 0 Å². The molecule has 0 bridgehead atoms. The minimum Gasteiger partial charge on any atom is -0.334 e. The van der Waals surface area contributed by atoms with Gasteiger partial charge in [-0.3, -0.25) is 0 Å². The molecule has 1 N–H and O–H groups in total. The molecule has 1 atom stereocenters. The smallest absolute Gasteiger partial charge is 0.105 e. The standard InChI is InChI=1S/C14H26N4/c1-12(2)18-7-4-14(11-18)10-15-5-8-17-9-6-16-13(17)3/h6,9,12,14-15H,4-5,7-8,10-11H2,1-3H3. The first kappa shape index (κ1) is 13.6. The Bertz CT molecular complexity index is 358. The van der Waals surface area contributed by atoms with E-state index in [0.717, 1.165) is 31.4 Å². The van der Waals surface area contributed by atoms with Gasteiger partial charge in [0.05, 0.1) is 0 Å². The average Bonchev–Trinajstić information content (AvgIpc) is 2.94. The maximum absolute atomic E-state index is 4.23. The summed E-state index contributed by atoms with van der Waals surface area (Å²) in [5, 5.41) is 3.58. The number of hydrogen-bond acceptors (Lipinski definition) is 3. The Hall–Kier alpha value is -0.870. The van der Waals surface area contributed by atoms with E-state index in [-0.39, 0.29) is 0 Å². The number of nitrogens with one attached hydrogen (secondary N) is 1. The average molecular weight is 250 g/mol. The van der Waals surface area contributed by atoms with E-state index in [9.17, 15) is 0 Å². The number of aromatic nitrogens is 2. The van der Waals surface area contributed by atoms with Crippen LogP contribution in [0.1, 0.15) is 26.1 Å². The molecular formula is C14H26N4. The molecule has 1 saturated heterocycles. The van der Waals surface area contributed by atoms with Gasteiger partial charge in [-0.05, 0) is 46.2 Å². The molecule has 1 aromatic heterocycles. The highest BCUT2D eigenvalue weighted by Crippen LogP contribution is 2.17. The molecule has 4 heteroatoms. The summed E-state index contributed by atoms with van der Waals surface area (Å²) in [5.41, 5.74) is 0. The van der Waals surface area contributed by atoms with Gasteiger partial charge in [0.15, 0.2) is 0 Å². The Morgan fingerprint density at radius 3 is 2.94 bits per heavy atom. The van der Waals surface area contributed by atoms with Crippen LogP contribution in [0.15, 0.2) is 12.4 Å². The van der Waals surface area contributed by atoms with Crippen molar-refractivity contribution in [1.82, 2.24) is 19.8 Å². The summed E-state index contributed by atoms with van der Waals surface area (Å²) < 4.78 is 2.20. The lowest BCUT2D eigenvalue weighted by atomic mass is 10.1. The van der Waals surface area contributed by atoms with Gasteiger partial charge >= 0.3 is 0 Å². The fourth-order valence-corrected chi connectivity index (χ4v) is 2.64. The lowest BCUT2D eigenvalue weighted by Gasteiger charge is -2.20. The minimum atomic E-state index is 0.698. The molecule has 0 radical (unpaired) electrons. The maximum Gasteiger partial charge on any atom is 0.105 e. The highest BCUT2D eigenvalue weighted by molar-refractivity contribution is 4.88. The molecule has 4 nitrogen and oxygen atoms in total. The van der Waals surface area contributed by atoms with Gasteiger partial charge < -0.3 is 14.8 Å². The summed E-state index contributed by atoms with van der Waals surface area (Å²) in [6, 6.07) is 0.698. The van der Waals surface area contributed by atoms with E-state index in [2.05, 4.69) is 40.5 Å². The van der Waals surface area contributed by atoms with E-state index in [1.54, 1.807) is 0 Å². The third-order valence-corrected chi connectivity index (χ3v) is 3.93. The van der Waals surface area contributed by atoms with Crippen LogP contribution in [0.4, 0.5) is 0 Å². The van der Waals surface area contributed by atoms with Crippen LogP contribution in [-0.2, 0) is 6.54 Å². The molecule has 0 spiro atoms. The quantitative estimate of drug-likeness (QED) is 0.777. The Morgan fingerprint density at radius 2 is 2.33 bits per heavy atom. The van der Waals surface area contributed by atoms with Crippen molar-refractivity contribution in [1.29, 1.82) is 0 Å². The van der Waals surface area contributed by atoms with Crippen LogP contribution in [0.3, 0.4) is 0 Å². The van der Waals surface area contributed by atoms with E-state index >= 15 is 0 Å². The zero-order valence-corrected chi connectivity index (χ0v) is 11.9. The van der Waals surface area contributed by atoms with Gasteiger partial charge in [0, 0.05) is 38.1 Å². The highest BCUT2D eigenvalue weighted by atomic mass is 15.2. The van der Waals surface area contributed by atoms with Crippen LogP contribution >= 0.6 is 0 Å². The number of hydrogen-bond donors (Lipinski definition) is 1. The second kappa shape index (κ2) is 6.34. The predicted molar refractivity (Wildman–Crippen MR) is 74.6 cm³/mol. The number of nitrogens with zero attached hydrogens (tertiary/aromatic N) is 3. The van der Waals surface area contributed by atoms with E-state index in [0.29, 0.717) is 6.04 Å². The zero-order valence-electron chi connectivity index (χ0n) is 11.9. The van der Waals surface area contributed by atoms with Crippen molar-refractivity contribution in [3.8, 4) is 0 Å². The lowest BCUT2D eigenvalue weighted by Crippen LogP contribution is -2.31. The SMILES string of the molecule is Cc1nccn1CCNCC1CCN(C(C)C)C1. The van der Waals surface area contributed by atoms with Crippen molar-refractivity contribution in [2.45, 2.75) is 39.8 Å². The normalized spacial score (nSPS) is 21.0. The molecule has 0 amide bonds. The van der Waals surface area contributed by atoms with Crippen molar-refractivity contribution in [3.63, 3.8) is 0 Å². The molecule has 1 aliphatic rings. The van der Waals surface area contributed by atoms with E-state index < -0.39 is 0 Å². The van der Waals surface area contributed by atoms with Crippen LogP contribution in [0.2, 0.25) is 0 Å². The van der Waals surface area contributed by atoms with Crippen molar-refractivity contribution >= 4 is 0 Å². The second-order valence-corrected chi connectivity index (χ2v) is 5.62. The Labute approximate surface area is 110 Å². The fourth-order valence-electron chi connectivity index (χ4n) is 2.64. The first-order valence-electron chi connectivity index (χ1n) is 7.09. The third-order valence-electron chi connectivity index (χ3n) is 3.93. The van der Waals surface area contributed by atoms with Gasteiger partial charge in [-0.25, -0.2) is 4.98 Å². The van der Waals surface area contributed by atoms with Gasteiger partial charge in [0.25, 0.3) is 0 Å². The van der Waals surface area contributed by atoms with Crippen LogP contribution in [0.25, 0.3) is 0 Å². The number of likely N-dealkylation sites (tertiary alicyclic amines) is 1. The van der Waals surface area contributed by atoms with Crippen LogP contribution in [0, 0.1) is 12.8 Å². The van der Waals surface area contributed by atoms with E-state index in [1.165, 1.54) is 19.5 Å². The summed E-state index contributed by atoms with van der Waals surface area (Å²) in [4.78, 5) is 6.81. The number of aryl methyl sites for hydroxylation is 1. The number of imidazole rings is 1. The molecule has 18 heavy (non-hydrogen) atoms. The molecule has 2 heterocycles. The summed E-state index contributed by atoms with van der Waals surface area (Å²) >= 11 is 0. The minimum absolute atomic E-state index is 0.698. The summed E-state index contributed by atoms with van der Waals surface area (Å²) in [6.45, 7) is 12.4. The summed E-state index contributed by atoms with van der Waals surface area (Å²) in [7, 11) is 0. The molecule has 1 fully saturated rings. The first-order valence-corrected chi connectivity index (χ1v) is 7.09. The largest absolute Gasteiger partial charge is 0.334 e. The molecule has 1 aliphatic heterocycles. The molecule has 0 saturated carbocycles. The van der Waals surface area contributed by atoms with Gasteiger partial charge in [0.2, 0.25) is 0 Å². The Balaban J connectivity index is 1.61. The third kappa shape index (κ3) is 3.56. The molecule has 1 unspecified atom stereocenters. The second-order valence-electron chi connectivity index (χ2n) is 5.62. The van der Waals surface area contributed by atoms with E-state index in [4.69, 9.17) is 0 Å². The van der Waals surface area contributed by atoms with Crippen molar-refractivity contribution < 1.29 is 0 Å². The lowest BCUT2D eigenvalue weighted by molar-refractivity contribution is 0.264. The predicted octanol–water partition coefficient (Wildman–Crippen LogP) is 1.51. The van der Waals surface area contributed by atoms with Crippen LogP contribution in [-0.4, -0.2) is 46.7 Å². The van der Waals surface area contributed by atoms with Gasteiger partial charge in [0.1, 0.15) is 5.82 Å². The Kier molecular flexibility index (Phi) is 4.78. The monoisotopic (exact) mass is 250 g/mol. The molecular weight excluding hydrogens is 224 g/mol. The van der Waals surface area contributed by atoms with Gasteiger partial charge in [-0.1, -0.05) is 0 Å². The summed E-state index contributed by atoms with van der Waals surface area (Å²) in [6.07, 6.45) is 5.26. The highest BCUT2D eigenvalue weighted by Gasteiger charge is 2.23. The van der Waals surface area contributed by atoms with Crippen LogP contribution < -0.4 is 5.32 Å². The molecule has 0 aliphatic carbocycles. The van der Waals surface area contributed by atoms with E-state index in [1.807, 2.05) is 12.4 Å². The molecule has 1 aromatic rings. The maximum atomic E-state index is 4.23. The Morgan fingerprint density at radius 1 is 1.50 bits per heavy atom. The summed E-state index contributed by atoms with van der Waals surface area (Å²) in [5.74, 6) is 1.93. The fraction of sp³-hybridized carbons (Fsp3) is 0.786.